The molecule has 2 aromatic heterocycles. The van der Waals surface area contributed by atoms with Crippen LogP contribution in [0.1, 0.15) is 4.88 Å². The number of terminal acetylenes is 1. The van der Waals surface area contributed by atoms with Gasteiger partial charge in [-0.05, 0) is 29.7 Å². The highest BCUT2D eigenvalue weighted by Crippen LogP contribution is 2.31. The lowest BCUT2D eigenvalue weighted by Crippen LogP contribution is -1.99. The molecule has 0 unspecified atom stereocenters. The lowest BCUT2D eigenvalue weighted by Gasteiger charge is -1.93. The highest BCUT2D eigenvalue weighted by Gasteiger charge is 2.02. The molecule has 0 atom stereocenters. The SMILES string of the molecule is C#CCOC(=O)C=Cc1ccc(-c2cccs2)s1. The molecule has 0 saturated carbocycles. The van der Waals surface area contributed by atoms with Crippen LogP contribution in [-0.4, -0.2) is 12.6 Å². The molecule has 0 bridgehead atoms. The summed E-state index contributed by atoms with van der Waals surface area (Å²) in [5.74, 6) is 1.83. The van der Waals surface area contributed by atoms with Gasteiger partial charge in [-0.15, -0.1) is 29.1 Å². The van der Waals surface area contributed by atoms with E-state index in [0.29, 0.717) is 0 Å². The van der Waals surface area contributed by atoms with E-state index in [2.05, 4.69) is 12.0 Å². The highest BCUT2D eigenvalue weighted by atomic mass is 32.1. The third-order valence-corrected chi connectivity index (χ3v) is 4.19. The van der Waals surface area contributed by atoms with Crippen molar-refractivity contribution in [3.8, 4) is 22.1 Å². The Balaban J connectivity index is 2.01. The molecule has 0 aliphatic rings. The molecule has 0 aromatic carbocycles. The van der Waals surface area contributed by atoms with Crippen molar-refractivity contribution in [2.24, 2.45) is 0 Å². The second kappa shape index (κ2) is 6.20. The highest BCUT2D eigenvalue weighted by molar-refractivity contribution is 7.21. The van der Waals surface area contributed by atoms with Gasteiger partial charge in [-0.3, -0.25) is 0 Å². The fraction of sp³-hybridized carbons (Fsp3) is 0.0714. The minimum Gasteiger partial charge on any atom is -0.449 e. The molecule has 0 radical (unpaired) electrons. The van der Waals surface area contributed by atoms with Gasteiger partial charge in [0.2, 0.25) is 0 Å². The zero-order valence-corrected chi connectivity index (χ0v) is 11.1. The van der Waals surface area contributed by atoms with E-state index in [1.54, 1.807) is 28.7 Å². The van der Waals surface area contributed by atoms with Crippen molar-refractivity contribution < 1.29 is 9.53 Å². The van der Waals surface area contributed by atoms with E-state index in [-0.39, 0.29) is 6.61 Å². The number of carbonyl (C=O) groups excluding carboxylic acids is 1. The summed E-state index contributed by atoms with van der Waals surface area (Å²) in [4.78, 5) is 14.7. The predicted octanol–water partition coefficient (Wildman–Crippen LogP) is 3.67. The van der Waals surface area contributed by atoms with Gasteiger partial charge in [-0.2, -0.15) is 0 Å². The molecule has 2 heterocycles. The number of carbonyl (C=O) groups is 1. The molecule has 0 fully saturated rings. The van der Waals surface area contributed by atoms with E-state index in [1.807, 2.05) is 23.6 Å². The molecule has 2 aromatic rings. The molecule has 0 aliphatic heterocycles. The maximum absolute atomic E-state index is 11.2. The van der Waals surface area contributed by atoms with Crippen LogP contribution in [0.3, 0.4) is 0 Å². The monoisotopic (exact) mass is 274 g/mol. The van der Waals surface area contributed by atoms with Crippen LogP contribution in [0, 0.1) is 12.3 Å². The molecule has 0 spiro atoms. The average Bonchev–Trinajstić information content (AvgIpc) is 3.03. The number of thiophene rings is 2. The Kier molecular flexibility index (Phi) is 4.35. The number of ether oxygens (including phenoxy) is 1. The molecule has 18 heavy (non-hydrogen) atoms. The number of esters is 1. The van der Waals surface area contributed by atoms with Crippen molar-refractivity contribution in [2.75, 3.05) is 6.61 Å². The molecular weight excluding hydrogens is 264 g/mol. The van der Waals surface area contributed by atoms with E-state index in [0.717, 1.165) is 4.88 Å². The first kappa shape index (κ1) is 12.6. The van der Waals surface area contributed by atoms with E-state index in [1.165, 1.54) is 15.8 Å². The molecule has 0 amide bonds. The van der Waals surface area contributed by atoms with Crippen LogP contribution in [0.5, 0.6) is 0 Å². The number of hydrogen-bond donors (Lipinski definition) is 0. The van der Waals surface area contributed by atoms with Crippen molar-refractivity contribution in [3.05, 3.63) is 40.6 Å². The van der Waals surface area contributed by atoms with E-state index >= 15 is 0 Å². The van der Waals surface area contributed by atoms with Crippen molar-refractivity contribution in [2.45, 2.75) is 0 Å². The minimum atomic E-state index is -0.418. The van der Waals surface area contributed by atoms with Gasteiger partial charge in [0, 0.05) is 20.7 Å². The second-order valence-electron chi connectivity index (χ2n) is 3.32. The summed E-state index contributed by atoms with van der Waals surface area (Å²) in [6.45, 7) is 0.00800. The van der Waals surface area contributed by atoms with Crippen molar-refractivity contribution in [1.29, 1.82) is 0 Å². The Morgan fingerprint density at radius 2 is 2.28 bits per heavy atom. The molecule has 0 aliphatic carbocycles. The molecule has 90 valence electrons. The fourth-order valence-electron chi connectivity index (χ4n) is 1.30. The average molecular weight is 274 g/mol. The molecular formula is C14H10O2S2. The molecule has 2 rings (SSSR count). The minimum absolute atomic E-state index is 0.00800. The van der Waals surface area contributed by atoms with Crippen molar-refractivity contribution in [1.82, 2.24) is 0 Å². The normalized spacial score (nSPS) is 10.4. The largest absolute Gasteiger partial charge is 0.449 e. The Bertz CT molecular complexity index is 586. The quantitative estimate of drug-likeness (QED) is 0.483. The van der Waals surface area contributed by atoms with Crippen LogP contribution in [0.4, 0.5) is 0 Å². The van der Waals surface area contributed by atoms with Crippen LogP contribution in [-0.2, 0) is 9.53 Å². The van der Waals surface area contributed by atoms with Gasteiger partial charge in [-0.1, -0.05) is 12.0 Å². The van der Waals surface area contributed by atoms with Crippen LogP contribution < -0.4 is 0 Å². The molecule has 0 N–H and O–H groups in total. The summed E-state index contributed by atoms with van der Waals surface area (Å²) in [6.07, 6.45) is 8.12. The third kappa shape index (κ3) is 3.33. The Morgan fingerprint density at radius 1 is 1.39 bits per heavy atom. The van der Waals surface area contributed by atoms with Gasteiger partial charge in [0.05, 0.1) is 0 Å². The Hall–Kier alpha value is -1.83. The van der Waals surface area contributed by atoms with E-state index in [4.69, 9.17) is 11.2 Å². The Morgan fingerprint density at radius 3 is 3.00 bits per heavy atom. The molecule has 0 saturated heterocycles. The number of rotatable bonds is 4. The summed E-state index contributed by atoms with van der Waals surface area (Å²) < 4.78 is 4.74. The molecule has 2 nitrogen and oxygen atoms in total. The lowest BCUT2D eigenvalue weighted by atomic mass is 10.3. The summed E-state index contributed by atoms with van der Waals surface area (Å²) >= 11 is 3.33. The standard InChI is InChI=1S/C14H10O2S2/c1-2-9-16-14(15)8-6-11-5-7-13(18-11)12-4-3-10-17-12/h1,3-8,10H,9H2. The lowest BCUT2D eigenvalue weighted by molar-refractivity contribution is -0.136. The van der Waals surface area contributed by atoms with Crippen LogP contribution >= 0.6 is 22.7 Å². The van der Waals surface area contributed by atoms with Gasteiger partial charge in [-0.25, -0.2) is 4.79 Å². The zero-order valence-electron chi connectivity index (χ0n) is 9.46. The topological polar surface area (TPSA) is 26.3 Å². The van der Waals surface area contributed by atoms with Gasteiger partial charge in [0.25, 0.3) is 0 Å². The first-order chi connectivity index (χ1) is 8.79. The summed E-state index contributed by atoms with van der Waals surface area (Å²) in [6, 6.07) is 8.12. The van der Waals surface area contributed by atoms with Crippen LogP contribution in [0.15, 0.2) is 35.7 Å². The molecule has 4 heteroatoms. The van der Waals surface area contributed by atoms with Crippen LogP contribution in [0.2, 0.25) is 0 Å². The van der Waals surface area contributed by atoms with Crippen molar-refractivity contribution in [3.63, 3.8) is 0 Å². The van der Waals surface area contributed by atoms with Crippen LogP contribution in [0.25, 0.3) is 15.8 Å². The summed E-state index contributed by atoms with van der Waals surface area (Å²) in [5, 5.41) is 2.04. The maximum atomic E-state index is 11.2. The fourth-order valence-corrected chi connectivity index (χ4v) is 3.05. The van der Waals surface area contributed by atoms with Gasteiger partial charge in [0.1, 0.15) is 0 Å². The summed E-state index contributed by atoms with van der Waals surface area (Å²) in [7, 11) is 0. The predicted molar refractivity (Wildman–Crippen MR) is 76.5 cm³/mol. The third-order valence-electron chi connectivity index (χ3n) is 2.07. The van der Waals surface area contributed by atoms with Gasteiger partial charge >= 0.3 is 5.97 Å². The van der Waals surface area contributed by atoms with Gasteiger partial charge in [0.15, 0.2) is 6.61 Å². The van der Waals surface area contributed by atoms with E-state index in [9.17, 15) is 4.79 Å². The smallest absolute Gasteiger partial charge is 0.331 e. The van der Waals surface area contributed by atoms with Crippen molar-refractivity contribution >= 4 is 34.7 Å². The maximum Gasteiger partial charge on any atom is 0.331 e. The first-order valence-corrected chi connectivity index (χ1v) is 6.91. The van der Waals surface area contributed by atoms with Gasteiger partial charge < -0.3 is 4.74 Å². The zero-order chi connectivity index (χ0) is 12.8. The van der Waals surface area contributed by atoms with E-state index < -0.39 is 5.97 Å². The Labute approximate surface area is 114 Å². The number of hydrogen-bond acceptors (Lipinski definition) is 4. The summed E-state index contributed by atoms with van der Waals surface area (Å²) in [5.41, 5.74) is 0. The first-order valence-electron chi connectivity index (χ1n) is 5.21. The second-order valence-corrected chi connectivity index (χ2v) is 5.39.